The Kier molecular flexibility index (Phi) is 2.55. The molecule has 0 aliphatic rings. The van der Waals surface area contributed by atoms with Crippen LogP contribution in [0.15, 0.2) is 35.1 Å². The van der Waals surface area contributed by atoms with Crippen molar-refractivity contribution in [2.24, 2.45) is 0 Å². The molecule has 4 heteroatoms. The van der Waals surface area contributed by atoms with Gasteiger partial charge in [0.05, 0.1) is 3.57 Å². The van der Waals surface area contributed by atoms with Crippen molar-refractivity contribution in [3.63, 3.8) is 0 Å². The molecule has 0 unspecified atom stereocenters. The summed E-state index contributed by atoms with van der Waals surface area (Å²) in [5.41, 5.74) is 1.87. The average molecular weight is 306 g/mol. The maximum atomic E-state index is 5.77. The molecule has 0 atom stereocenters. The molecule has 1 heterocycles. The first kappa shape index (κ1) is 9.02. The largest absolute Gasteiger partial charge is 0.363 e. The lowest BCUT2D eigenvalue weighted by Gasteiger charge is -1.95. The van der Waals surface area contributed by atoms with E-state index < -0.39 is 0 Å². The monoisotopic (exact) mass is 305 g/mol. The quantitative estimate of drug-likeness (QED) is 0.752. The molecule has 1 aromatic heterocycles. The van der Waals surface area contributed by atoms with Gasteiger partial charge in [0.15, 0.2) is 0 Å². The van der Waals surface area contributed by atoms with Gasteiger partial charge in [-0.05, 0) is 34.7 Å². The standard InChI is InChI=1S/C9H5ClINO/c10-7-3-1-6(2-4-7)9-8(11)5-13-12-9/h1-5H. The minimum absolute atomic E-state index is 0.724. The molecule has 2 aromatic rings. The van der Waals surface area contributed by atoms with Gasteiger partial charge in [0.2, 0.25) is 0 Å². The molecule has 1 aromatic carbocycles. The number of hydrogen-bond donors (Lipinski definition) is 0. The van der Waals surface area contributed by atoms with Crippen molar-refractivity contribution >= 4 is 34.2 Å². The molecular weight excluding hydrogens is 300 g/mol. The summed E-state index contributed by atoms with van der Waals surface area (Å²) in [6.07, 6.45) is 1.62. The van der Waals surface area contributed by atoms with E-state index in [4.69, 9.17) is 16.1 Å². The second-order valence-corrected chi connectivity index (χ2v) is 4.12. The average Bonchev–Trinajstić information content (AvgIpc) is 2.53. The fourth-order valence-electron chi connectivity index (χ4n) is 1.02. The summed E-state index contributed by atoms with van der Waals surface area (Å²) in [6, 6.07) is 7.51. The van der Waals surface area contributed by atoms with Crippen molar-refractivity contribution in [1.29, 1.82) is 0 Å². The van der Waals surface area contributed by atoms with Gasteiger partial charge in [-0.1, -0.05) is 28.9 Å². The first-order chi connectivity index (χ1) is 6.27. The minimum Gasteiger partial charge on any atom is -0.363 e. The van der Waals surface area contributed by atoms with Gasteiger partial charge in [0.1, 0.15) is 12.0 Å². The number of hydrogen-bond acceptors (Lipinski definition) is 2. The summed E-state index contributed by atoms with van der Waals surface area (Å²) in [5, 5.41) is 4.61. The molecule has 0 bridgehead atoms. The SMILES string of the molecule is Clc1ccc(-c2nocc2I)cc1. The van der Waals surface area contributed by atoms with E-state index >= 15 is 0 Å². The molecule has 0 aliphatic heterocycles. The molecule has 66 valence electrons. The van der Waals surface area contributed by atoms with E-state index in [2.05, 4.69) is 27.7 Å². The van der Waals surface area contributed by atoms with Crippen LogP contribution in [0.2, 0.25) is 5.02 Å². The van der Waals surface area contributed by atoms with E-state index in [-0.39, 0.29) is 0 Å². The maximum Gasteiger partial charge on any atom is 0.137 e. The van der Waals surface area contributed by atoms with E-state index in [0.29, 0.717) is 0 Å². The lowest BCUT2D eigenvalue weighted by Crippen LogP contribution is -1.78. The van der Waals surface area contributed by atoms with Crippen LogP contribution in [0, 0.1) is 3.57 Å². The number of benzene rings is 1. The predicted molar refractivity (Wildman–Crippen MR) is 59.7 cm³/mol. The first-order valence-corrected chi connectivity index (χ1v) is 5.09. The van der Waals surface area contributed by atoms with Crippen LogP contribution in [0.3, 0.4) is 0 Å². The summed E-state index contributed by atoms with van der Waals surface area (Å²) in [6.45, 7) is 0. The summed E-state index contributed by atoms with van der Waals surface area (Å²) in [4.78, 5) is 0. The number of aromatic nitrogens is 1. The Hall–Kier alpha value is -0.550. The van der Waals surface area contributed by atoms with Gasteiger partial charge in [0, 0.05) is 10.6 Å². The molecule has 2 rings (SSSR count). The molecule has 0 saturated carbocycles. The molecule has 0 fully saturated rings. The Bertz CT molecular complexity index is 410. The smallest absolute Gasteiger partial charge is 0.137 e. The highest BCUT2D eigenvalue weighted by Gasteiger charge is 2.06. The van der Waals surface area contributed by atoms with Crippen LogP contribution in [-0.2, 0) is 0 Å². The lowest BCUT2D eigenvalue weighted by atomic mass is 10.2. The number of halogens is 2. The maximum absolute atomic E-state index is 5.77. The van der Waals surface area contributed by atoms with Crippen LogP contribution < -0.4 is 0 Å². The first-order valence-electron chi connectivity index (χ1n) is 3.63. The highest BCUT2D eigenvalue weighted by Crippen LogP contribution is 2.24. The summed E-state index contributed by atoms with van der Waals surface area (Å²) in [7, 11) is 0. The number of nitrogens with zero attached hydrogens (tertiary/aromatic N) is 1. The van der Waals surface area contributed by atoms with E-state index in [9.17, 15) is 0 Å². The lowest BCUT2D eigenvalue weighted by molar-refractivity contribution is 0.421. The van der Waals surface area contributed by atoms with Gasteiger partial charge >= 0.3 is 0 Å². The Labute approximate surface area is 94.0 Å². The Morgan fingerprint density at radius 1 is 1.23 bits per heavy atom. The molecule has 0 amide bonds. The second kappa shape index (κ2) is 3.67. The third-order valence-electron chi connectivity index (χ3n) is 1.64. The predicted octanol–water partition coefficient (Wildman–Crippen LogP) is 3.60. The van der Waals surface area contributed by atoms with Crippen molar-refractivity contribution in [3.05, 3.63) is 39.1 Å². The zero-order valence-corrected chi connectivity index (χ0v) is 9.41. The topological polar surface area (TPSA) is 26.0 Å². The Morgan fingerprint density at radius 3 is 2.46 bits per heavy atom. The van der Waals surface area contributed by atoms with Crippen LogP contribution in [0.1, 0.15) is 0 Å². The summed E-state index contributed by atoms with van der Waals surface area (Å²) in [5.74, 6) is 0. The van der Waals surface area contributed by atoms with Gasteiger partial charge in [-0.3, -0.25) is 0 Å². The highest BCUT2D eigenvalue weighted by molar-refractivity contribution is 14.1. The van der Waals surface area contributed by atoms with Crippen LogP contribution in [0.25, 0.3) is 11.3 Å². The fourth-order valence-corrected chi connectivity index (χ4v) is 1.67. The van der Waals surface area contributed by atoms with E-state index in [1.54, 1.807) is 6.26 Å². The van der Waals surface area contributed by atoms with E-state index in [1.165, 1.54) is 0 Å². The molecule has 0 radical (unpaired) electrons. The van der Waals surface area contributed by atoms with Crippen LogP contribution in [-0.4, -0.2) is 5.16 Å². The zero-order chi connectivity index (χ0) is 9.26. The molecule has 0 saturated heterocycles. The second-order valence-electron chi connectivity index (χ2n) is 2.52. The van der Waals surface area contributed by atoms with Crippen LogP contribution in [0.4, 0.5) is 0 Å². The van der Waals surface area contributed by atoms with Crippen LogP contribution in [0.5, 0.6) is 0 Å². The Morgan fingerprint density at radius 2 is 1.92 bits per heavy atom. The molecule has 0 N–H and O–H groups in total. The summed E-state index contributed by atoms with van der Waals surface area (Å²) < 4.78 is 5.84. The van der Waals surface area contributed by atoms with Crippen molar-refractivity contribution < 1.29 is 4.52 Å². The zero-order valence-electron chi connectivity index (χ0n) is 6.50. The molecule has 2 nitrogen and oxygen atoms in total. The van der Waals surface area contributed by atoms with Crippen molar-refractivity contribution in [3.8, 4) is 11.3 Å². The third-order valence-corrected chi connectivity index (χ3v) is 2.66. The van der Waals surface area contributed by atoms with Crippen molar-refractivity contribution in [2.45, 2.75) is 0 Å². The third kappa shape index (κ3) is 1.86. The highest BCUT2D eigenvalue weighted by atomic mass is 127. The molecule has 0 aliphatic carbocycles. The van der Waals surface area contributed by atoms with Crippen molar-refractivity contribution in [1.82, 2.24) is 5.16 Å². The van der Waals surface area contributed by atoms with E-state index in [1.807, 2.05) is 24.3 Å². The van der Waals surface area contributed by atoms with Gasteiger partial charge in [0.25, 0.3) is 0 Å². The fraction of sp³-hybridized carbons (Fsp3) is 0. The number of rotatable bonds is 1. The summed E-state index contributed by atoms with van der Waals surface area (Å²) >= 11 is 7.95. The van der Waals surface area contributed by atoms with Gasteiger partial charge < -0.3 is 4.52 Å². The minimum atomic E-state index is 0.724. The normalized spacial score (nSPS) is 10.3. The van der Waals surface area contributed by atoms with Gasteiger partial charge in [-0.2, -0.15) is 0 Å². The van der Waals surface area contributed by atoms with E-state index in [0.717, 1.165) is 19.9 Å². The van der Waals surface area contributed by atoms with Gasteiger partial charge in [-0.25, -0.2) is 0 Å². The molecule has 13 heavy (non-hydrogen) atoms. The molecular formula is C9H5ClINO. The van der Waals surface area contributed by atoms with Crippen LogP contribution >= 0.6 is 34.2 Å². The van der Waals surface area contributed by atoms with Gasteiger partial charge in [-0.15, -0.1) is 0 Å². The van der Waals surface area contributed by atoms with Crippen molar-refractivity contribution in [2.75, 3.05) is 0 Å². The Balaban J connectivity index is 2.47. The molecule has 0 spiro atoms.